The standard InChI is InChI=1S/C12H13N3O3/c16-12(17)10-4-2-1-3-9(10)7-13-6-5-11-14-8-15-18-11/h1-4,8,13H,5-7H2,(H,16,17). The molecule has 0 aliphatic carbocycles. The van der Waals surface area contributed by atoms with Gasteiger partial charge in [-0.1, -0.05) is 23.4 Å². The average Bonchev–Trinajstić information content (AvgIpc) is 2.88. The second-order valence-corrected chi connectivity index (χ2v) is 3.72. The van der Waals surface area contributed by atoms with Gasteiger partial charge in [0.2, 0.25) is 5.89 Å². The highest BCUT2D eigenvalue weighted by atomic mass is 16.5. The molecule has 2 rings (SSSR count). The Morgan fingerprint density at radius 3 is 2.94 bits per heavy atom. The highest BCUT2D eigenvalue weighted by Gasteiger charge is 2.08. The zero-order chi connectivity index (χ0) is 12.8. The van der Waals surface area contributed by atoms with Crippen LogP contribution in [0.25, 0.3) is 0 Å². The van der Waals surface area contributed by atoms with Gasteiger partial charge in [-0.2, -0.15) is 4.98 Å². The molecule has 0 saturated heterocycles. The van der Waals surface area contributed by atoms with Crippen LogP contribution >= 0.6 is 0 Å². The van der Waals surface area contributed by atoms with E-state index in [0.29, 0.717) is 31.0 Å². The molecule has 0 radical (unpaired) electrons. The highest BCUT2D eigenvalue weighted by molar-refractivity contribution is 5.89. The summed E-state index contributed by atoms with van der Waals surface area (Å²) in [4.78, 5) is 14.9. The Morgan fingerprint density at radius 1 is 1.39 bits per heavy atom. The molecule has 6 heteroatoms. The molecule has 0 aliphatic heterocycles. The van der Waals surface area contributed by atoms with Crippen LogP contribution in [0.4, 0.5) is 0 Å². The van der Waals surface area contributed by atoms with Gasteiger partial charge in [0.1, 0.15) is 0 Å². The predicted octanol–water partition coefficient (Wildman–Crippen LogP) is 1.10. The minimum atomic E-state index is -0.913. The third-order valence-electron chi connectivity index (χ3n) is 2.49. The molecule has 0 aliphatic rings. The normalized spacial score (nSPS) is 10.4. The van der Waals surface area contributed by atoms with Crippen molar-refractivity contribution in [1.82, 2.24) is 15.5 Å². The van der Waals surface area contributed by atoms with Gasteiger partial charge in [0.15, 0.2) is 6.33 Å². The number of nitrogens with one attached hydrogen (secondary N) is 1. The molecule has 0 fully saturated rings. The summed E-state index contributed by atoms with van der Waals surface area (Å²) in [6.07, 6.45) is 1.98. The largest absolute Gasteiger partial charge is 0.478 e. The zero-order valence-corrected chi connectivity index (χ0v) is 9.67. The van der Waals surface area contributed by atoms with Crippen LogP contribution < -0.4 is 5.32 Å². The summed E-state index contributed by atoms with van der Waals surface area (Å²) in [7, 11) is 0. The van der Waals surface area contributed by atoms with Crippen molar-refractivity contribution >= 4 is 5.97 Å². The maximum absolute atomic E-state index is 11.0. The monoisotopic (exact) mass is 247 g/mol. The average molecular weight is 247 g/mol. The van der Waals surface area contributed by atoms with E-state index in [1.165, 1.54) is 6.33 Å². The van der Waals surface area contributed by atoms with E-state index < -0.39 is 5.97 Å². The summed E-state index contributed by atoms with van der Waals surface area (Å²) >= 11 is 0. The van der Waals surface area contributed by atoms with Crippen LogP contribution in [-0.4, -0.2) is 27.8 Å². The number of carboxylic acid groups (broad SMARTS) is 1. The van der Waals surface area contributed by atoms with E-state index in [1.807, 2.05) is 6.07 Å². The molecule has 1 aromatic carbocycles. The number of hydrogen-bond acceptors (Lipinski definition) is 5. The van der Waals surface area contributed by atoms with Crippen LogP contribution in [0.5, 0.6) is 0 Å². The van der Waals surface area contributed by atoms with E-state index in [4.69, 9.17) is 9.63 Å². The number of carboxylic acids is 1. The van der Waals surface area contributed by atoms with E-state index in [2.05, 4.69) is 15.5 Å². The Kier molecular flexibility index (Phi) is 4.03. The molecule has 1 aromatic heterocycles. The molecule has 2 aromatic rings. The third kappa shape index (κ3) is 3.14. The van der Waals surface area contributed by atoms with Gasteiger partial charge in [-0.05, 0) is 11.6 Å². The van der Waals surface area contributed by atoms with E-state index >= 15 is 0 Å². The molecule has 0 saturated carbocycles. The van der Waals surface area contributed by atoms with Crippen molar-refractivity contribution in [3.8, 4) is 0 Å². The minimum Gasteiger partial charge on any atom is -0.478 e. The molecule has 94 valence electrons. The first-order valence-electron chi connectivity index (χ1n) is 5.55. The summed E-state index contributed by atoms with van der Waals surface area (Å²) in [5, 5.41) is 15.7. The molecule has 0 amide bonds. The molecule has 0 atom stereocenters. The van der Waals surface area contributed by atoms with Gasteiger partial charge in [0, 0.05) is 19.5 Å². The summed E-state index contributed by atoms with van der Waals surface area (Å²) in [5.74, 6) is -0.349. The first-order chi connectivity index (χ1) is 8.77. The Morgan fingerprint density at radius 2 is 2.22 bits per heavy atom. The van der Waals surface area contributed by atoms with Gasteiger partial charge < -0.3 is 14.9 Å². The molecule has 0 bridgehead atoms. The van der Waals surface area contributed by atoms with Crippen LogP contribution in [0.1, 0.15) is 21.8 Å². The lowest BCUT2D eigenvalue weighted by molar-refractivity contribution is 0.0695. The van der Waals surface area contributed by atoms with Gasteiger partial charge >= 0.3 is 5.97 Å². The van der Waals surface area contributed by atoms with Crippen molar-refractivity contribution in [3.63, 3.8) is 0 Å². The molecule has 18 heavy (non-hydrogen) atoms. The van der Waals surface area contributed by atoms with E-state index in [9.17, 15) is 4.79 Å². The van der Waals surface area contributed by atoms with Crippen molar-refractivity contribution in [3.05, 3.63) is 47.6 Å². The number of hydrogen-bond donors (Lipinski definition) is 2. The highest BCUT2D eigenvalue weighted by Crippen LogP contribution is 2.08. The smallest absolute Gasteiger partial charge is 0.336 e. The summed E-state index contributed by atoms with van der Waals surface area (Å²) in [6.45, 7) is 1.15. The van der Waals surface area contributed by atoms with Crippen molar-refractivity contribution in [2.45, 2.75) is 13.0 Å². The first kappa shape index (κ1) is 12.3. The topological polar surface area (TPSA) is 88.2 Å². The second-order valence-electron chi connectivity index (χ2n) is 3.72. The second kappa shape index (κ2) is 5.92. The molecule has 2 N–H and O–H groups in total. The molecular weight excluding hydrogens is 234 g/mol. The fraction of sp³-hybridized carbons (Fsp3) is 0.250. The lowest BCUT2D eigenvalue weighted by atomic mass is 10.1. The van der Waals surface area contributed by atoms with E-state index in [1.54, 1.807) is 18.2 Å². The fourth-order valence-electron chi connectivity index (χ4n) is 1.61. The van der Waals surface area contributed by atoms with E-state index in [-0.39, 0.29) is 0 Å². The van der Waals surface area contributed by atoms with Gasteiger partial charge in [0.05, 0.1) is 5.56 Å². The number of aromatic carboxylic acids is 1. The predicted molar refractivity (Wildman–Crippen MR) is 63.1 cm³/mol. The van der Waals surface area contributed by atoms with Crippen LogP contribution in [0.15, 0.2) is 35.1 Å². The summed E-state index contributed by atoms with van der Waals surface area (Å²) in [6, 6.07) is 6.92. The molecule has 6 nitrogen and oxygen atoms in total. The summed E-state index contributed by atoms with van der Waals surface area (Å²) < 4.78 is 4.85. The molecule has 1 heterocycles. The zero-order valence-electron chi connectivity index (χ0n) is 9.67. The Balaban J connectivity index is 1.85. The SMILES string of the molecule is O=C(O)c1ccccc1CNCCc1ncno1. The maximum atomic E-state index is 11.0. The first-order valence-corrected chi connectivity index (χ1v) is 5.55. The van der Waals surface area contributed by atoms with Gasteiger partial charge in [-0.15, -0.1) is 0 Å². The van der Waals surface area contributed by atoms with Gasteiger partial charge in [-0.3, -0.25) is 0 Å². The van der Waals surface area contributed by atoms with Crippen molar-refractivity contribution in [2.75, 3.05) is 6.54 Å². The summed E-state index contributed by atoms with van der Waals surface area (Å²) in [5.41, 5.74) is 1.08. The Bertz CT molecular complexity index is 511. The van der Waals surface area contributed by atoms with Crippen LogP contribution in [0.2, 0.25) is 0 Å². The maximum Gasteiger partial charge on any atom is 0.336 e. The van der Waals surface area contributed by atoms with E-state index in [0.717, 1.165) is 5.56 Å². The Hall–Kier alpha value is -2.21. The molecular formula is C12H13N3O3. The minimum absolute atomic E-state index is 0.322. The Labute approximate surface area is 104 Å². The lowest BCUT2D eigenvalue weighted by Gasteiger charge is -2.06. The molecule has 0 spiro atoms. The van der Waals surface area contributed by atoms with Crippen molar-refractivity contribution in [2.24, 2.45) is 0 Å². The van der Waals surface area contributed by atoms with Crippen molar-refractivity contribution in [1.29, 1.82) is 0 Å². The van der Waals surface area contributed by atoms with Crippen LogP contribution in [0, 0.1) is 0 Å². The lowest BCUT2D eigenvalue weighted by Crippen LogP contribution is -2.18. The number of nitrogens with zero attached hydrogens (tertiary/aromatic N) is 2. The van der Waals surface area contributed by atoms with Crippen LogP contribution in [0.3, 0.4) is 0 Å². The number of rotatable bonds is 6. The molecule has 0 unspecified atom stereocenters. The van der Waals surface area contributed by atoms with Crippen LogP contribution in [-0.2, 0) is 13.0 Å². The van der Waals surface area contributed by atoms with Crippen molar-refractivity contribution < 1.29 is 14.4 Å². The number of aromatic nitrogens is 2. The fourth-order valence-corrected chi connectivity index (χ4v) is 1.61. The van der Waals surface area contributed by atoms with Gasteiger partial charge in [0.25, 0.3) is 0 Å². The third-order valence-corrected chi connectivity index (χ3v) is 2.49. The van der Waals surface area contributed by atoms with Gasteiger partial charge in [-0.25, -0.2) is 4.79 Å². The number of benzene rings is 1. The number of carbonyl (C=O) groups is 1. The quantitative estimate of drug-likeness (QED) is 0.743.